The molecule has 186 valence electrons. The van der Waals surface area contributed by atoms with Gasteiger partial charge in [0, 0.05) is 45.8 Å². The van der Waals surface area contributed by atoms with E-state index in [2.05, 4.69) is 4.98 Å². The standard InChI is InChI=1S/C34H21F2N3/c35-34(36)29-15-13-24(26-12-7-17-37-21-26)18-27(29)28-19-25(14-16-30(28)34)33-38-31(22-8-3-1-4-9-22)20-32(39-33)23-10-5-2-6-11-23/h1-21H. The molecule has 0 atom stereocenters. The fraction of sp³-hybridized carbons (Fsp3) is 0.0294. The Hall–Kier alpha value is -5.03. The smallest absolute Gasteiger partial charge is 0.264 e. The minimum Gasteiger partial charge on any atom is -0.264 e. The lowest BCUT2D eigenvalue weighted by Gasteiger charge is -2.13. The second kappa shape index (κ2) is 9.07. The molecule has 5 heteroatoms. The topological polar surface area (TPSA) is 38.7 Å². The zero-order valence-electron chi connectivity index (χ0n) is 20.7. The van der Waals surface area contributed by atoms with Gasteiger partial charge < -0.3 is 0 Å². The van der Waals surface area contributed by atoms with E-state index >= 15 is 8.78 Å². The molecular formula is C34H21F2N3. The van der Waals surface area contributed by atoms with Crippen molar-refractivity contribution in [3.63, 3.8) is 0 Å². The lowest BCUT2D eigenvalue weighted by Crippen LogP contribution is -2.10. The van der Waals surface area contributed by atoms with Crippen molar-refractivity contribution < 1.29 is 8.78 Å². The summed E-state index contributed by atoms with van der Waals surface area (Å²) in [5.41, 5.74) is 6.85. The predicted octanol–water partition coefficient (Wildman–Crippen LogP) is 8.66. The minimum atomic E-state index is -3.08. The molecule has 0 fully saturated rings. The Morgan fingerprint density at radius 3 is 1.59 bits per heavy atom. The molecule has 0 saturated heterocycles. The highest BCUT2D eigenvalue weighted by molar-refractivity contribution is 5.86. The molecule has 0 amide bonds. The lowest BCUT2D eigenvalue weighted by molar-refractivity contribution is 0.0480. The van der Waals surface area contributed by atoms with Crippen LogP contribution >= 0.6 is 0 Å². The summed E-state index contributed by atoms with van der Waals surface area (Å²) in [4.78, 5) is 13.9. The average molecular weight is 510 g/mol. The summed E-state index contributed by atoms with van der Waals surface area (Å²) in [6.07, 6.45) is 3.43. The minimum absolute atomic E-state index is 0.00576. The van der Waals surface area contributed by atoms with E-state index in [1.54, 1.807) is 30.6 Å². The summed E-state index contributed by atoms with van der Waals surface area (Å²) in [6, 6.07) is 35.6. The van der Waals surface area contributed by atoms with Gasteiger partial charge in [-0.05, 0) is 41.0 Å². The zero-order chi connectivity index (χ0) is 26.4. The maximum atomic E-state index is 15.5. The summed E-state index contributed by atoms with van der Waals surface area (Å²) in [5, 5.41) is 0. The van der Waals surface area contributed by atoms with Crippen LogP contribution in [0.15, 0.2) is 128 Å². The van der Waals surface area contributed by atoms with E-state index in [1.165, 1.54) is 12.1 Å². The van der Waals surface area contributed by atoms with Crippen molar-refractivity contribution in [2.45, 2.75) is 5.92 Å². The second-order valence-electron chi connectivity index (χ2n) is 9.53. The molecular weight excluding hydrogens is 488 g/mol. The van der Waals surface area contributed by atoms with Gasteiger partial charge in [-0.2, -0.15) is 8.78 Å². The fourth-order valence-corrected chi connectivity index (χ4v) is 5.17. The van der Waals surface area contributed by atoms with Crippen LogP contribution in [0.3, 0.4) is 0 Å². The van der Waals surface area contributed by atoms with Crippen LogP contribution in [0, 0.1) is 0 Å². The summed E-state index contributed by atoms with van der Waals surface area (Å²) in [6.45, 7) is 0. The Balaban J connectivity index is 1.40. The van der Waals surface area contributed by atoms with E-state index in [4.69, 9.17) is 9.97 Å². The molecule has 0 bridgehead atoms. The summed E-state index contributed by atoms with van der Waals surface area (Å²) in [7, 11) is 0. The molecule has 0 radical (unpaired) electrons. The third kappa shape index (κ3) is 3.99. The summed E-state index contributed by atoms with van der Waals surface area (Å²) >= 11 is 0. The molecule has 1 aliphatic rings. The molecule has 39 heavy (non-hydrogen) atoms. The van der Waals surface area contributed by atoms with E-state index < -0.39 is 5.92 Å². The molecule has 3 nitrogen and oxygen atoms in total. The number of rotatable bonds is 4. The lowest BCUT2D eigenvalue weighted by atomic mass is 9.98. The molecule has 0 saturated carbocycles. The third-order valence-electron chi connectivity index (χ3n) is 7.12. The van der Waals surface area contributed by atoms with Gasteiger partial charge in [-0.25, -0.2) is 9.97 Å². The Bertz CT molecular complexity index is 1760. The van der Waals surface area contributed by atoms with Crippen molar-refractivity contribution in [3.8, 4) is 56.2 Å². The van der Waals surface area contributed by atoms with Gasteiger partial charge in [0.25, 0.3) is 5.92 Å². The maximum absolute atomic E-state index is 15.5. The first kappa shape index (κ1) is 23.1. The summed E-state index contributed by atoms with van der Waals surface area (Å²) < 4.78 is 31.1. The average Bonchev–Trinajstić information content (AvgIpc) is 3.23. The SMILES string of the molecule is FC1(F)c2ccc(-c3cccnc3)cc2-c2cc(-c3nc(-c4ccccc4)cc(-c4ccccc4)n3)ccc21. The monoisotopic (exact) mass is 509 g/mol. The molecule has 2 heterocycles. The van der Waals surface area contributed by atoms with Crippen LogP contribution in [-0.4, -0.2) is 15.0 Å². The van der Waals surface area contributed by atoms with Crippen LogP contribution in [-0.2, 0) is 5.92 Å². The van der Waals surface area contributed by atoms with Crippen molar-refractivity contribution in [1.82, 2.24) is 15.0 Å². The molecule has 1 aliphatic carbocycles. The third-order valence-corrected chi connectivity index (χ3v) is 7.12. The molecule has 0 unspecified atom stereocenters. The van der Waals surface area contributed by atoms with Gasteiger partial charge >= 0.3 is 0 Å². The van der Waals surface area contributed by atoms with Crippen molar-refractivity contribution in [1.29, 1.82) is 0 Å². The molecule has 0 N–H and O–H groups in total. The van der Waals surface area contributed by atoms with E-state index in [0.29, 0.717) is 22.5 Å². The largest absolute Gasteiger partial charge is 0.299 e. The van der Waals surface area contributed by atoms with Gasteiger partial charge in [0.15, 0.2) is 5.82 Å². The molecule has 0 spiro atoms. The van der Waals surface area contributed by atoms with Gasteiger partial charge in [0.2, 0.25) is 0 Å². The fourth-order valence-electron chi connectivity index (χ4n) is 5.17. The highest BCUT2D eigenvalue weighted by Gasteiger charge is 2.44. The molecule has 2 aromatic heterocycles. The van der Waals surface area contributed by atoms with Crippen LogP contribution < -0.4 is 0 Å². The van der Waals surface area contributed by atoms with E-state index in [1.807, 2.05) is 84.9 Å². The summed E-state index contributed by atoms with van der Waals surface area (Å²) in [5.74, 6) is -2.60. The number of hydrogen-bond donors (Lipinski definition) is 0. The molecule has 0 aliphatic heterocycles. The number of hydrogen-bond acceptors (Lipinski definition) is 3. The Morgan fingerprint density at radius 2 is 1.03 bits per heavy atom. The first-order valence-corrected chi connectivity index (χ1v) is 12.7. The van der Waals surface area contributed by atoms with E-state index in [0.717, 1.165) is 33.6 Å². The van der Waals surface area contributed by atoms with Gasteiger partial charge in [-0.1, -0.05) is 91.0 Å². The molecule has 6 aromatic rings. The molecule has 4 aromatic carbocycles. The van der Waals surface area contributed by atoms with Crippen LogP contribution in [0.5, 0.6) is 0 Å². The van der Waals surface area contributed by atoms with Gasteiger partial charge in [0.1, 0.15) is 0 Å². The first-order chi connectivity index (χ1) is 19.1. The number of fused-ring (bicyclic) bond motifs is 3. The van der Waals surface area contributed by atoms with Crippen LogP contribution in [0.4, 0.5) is 8.78 Å². The van der Waals surface area contributed by atoms with Crippen molar-refractivity contribution in [2.75, 3.05) is 0 Å². The van der Waals surface area contributed by atoms with Gasteiger partial charge in [0.05, 0.1) is 11.4 Å². The number of nitrogens with zero attached hydrogens (tertiary/aromatic N) is 3. The van der Waals surface area contributed by atoms with Crippen LogP contribution in [0.1, 0.15) is 11.1 Å². The van der Waals surface area contributed by atoms with Gasteiger partial charge in [-0.15, -0.1) is 0 Å². The zero-order valence-corrected chi connectivity index (χ0v) is 20.7. The quantitative estimate of drug-likeness (QED) is 0.239. The number of pyridine rings is 1. The maximum Gasteiger partial charge on any atom is 0.299 e. The Labute approximate surface area is 224 Å². The van der Waals surface area contributed by atoms with Crippen molar-refractivity contribution in [3.05, 3.63) is 139 Å². The Morgan fingerprint density at radius 1 is 0.487 bits per heavy atom. The highest BCUT2D eigenvalue weighted by atomic mass is 19.3. The second-order valence-corrected chi connectivity index (χ2v) is 9.53. The Kier molecular flexibility index (Phi) is 5.37. The van der Waals surface area contributed by atoms with E-state index in [-0.39, 0.29) is 11.1 Å². The number of aromatic nitrogens is 3. The number of halogens is 2. The predicted molar refractivity (Wildman–Crippen MR) is 150 cm³/mol. The van der Waals surface area contributed by atoms with Crippen molar-refractivity contribution >= 4 is 0 Å². The van der Waals surface area contributed by atoms with Crippen LogP contribution in [0.2, 0.25) is 0 Å². The normalized spacial score (nSPS) is 13.1. The molecule has 7 rings (SSSR count). The van der Waals surface area contributed by atoms with Crippen molar-refractivity contribution in [2.24, 2.45) is 0 Å². The number of alkyl halides is 2. The first-order valence-electron chi connectivity index (χ1n) is 12.7. The van der Waals surface area contributed by atoms with Crippen LogP contribution in [0.25, 0.3) is 56.2 Å². The van der Waals surface area contributed by atoms with E-state index in [9.17, 15) is 0 Å². The van der Waals surface area contributed by atoms with Gasteiger partial charge in [-0.3, -0.25) is 4.98 Å². The number of benzene rings is 4. The highest BCUT2D eigenvalue weighted by Crippen LogP contribution is 2.52.